The molecule has 0 saturated carbocycles. The van der Waals surface area contributed by atoms with Gasteiger partial charge >= 0.3 is 6.03 Å². The summed E-state index contributed by atoms with van der Waals surface area (Å²) in [5, 5.41) is 2.85. The SMILES string of the molecule is COc1cc2nc(NC(=O)N3CCN(c4cccc(C)c4)CC3)c(OC)nc2cc1OC. The largest absolute Gasteiger partial charge is 0.493 e. The first kappa shape index (κ1) is 21.5. The summed E-state index contributed by atoms with van der Waals surface area (Å²) in [7, 11) is 4.61. The monoisotopic (exact) mass is 437 g/mol. The number of piperazine rings is 1. The third-order valence-corrected chi connectivity index (χ3v) is 5.49. The molecule has 0 aliphatic carbocycles. The van der Waals surface area contributed by atoms with Crippen LogP contribution in [0.15, 0.2) is 36.4 Å². The van der Waals surface area contributed by atoms with Crippen LogP contribution in [-0.2, 0) is 0 Å². The number of benzene rings is 2. The summed E-state index contributed by atoms with van der Waals surface area (Å²) >= 11 is 0. The molecule has 9 nitrogen and oxygen atoms in total. The number of fused-ring (bicyclic) bond motifs is 1. The minimum absolute atomic E-state index is 0.233. The molecule has 3 aromatic rings. The van der Waals surface area contributed by atoms with E-state index in [2.05, 4.69) is 51.4 Å². The molecule has 0 bridgehead atoms. The number of aryl methyl sites for hydroxylation is 1. The fourth-order valence-electron chi connectivity index (χ4n) is 3.76. The molecule has 0 unspecified atom stereocenters. The van der Waals surface area contributed by atoms with E-state index < -0.39 is 0 Å². The number of rotatable bonds is 5. The van der Waals surface area contributed by atoms with Crippen LogP contribution in [0.1, 0.15) is 5.56 Å². The number of nitrogens with one attached hydrogen (secondary N) is 1. The molecule has 0 atom stereocenters. The minimum Gasteiger partial charge on any atom is -0.493 e. The van der Waals surface area contributed by atoms with E-state index in [1.54, 1.807) is 31.3 Å². The van der Waals surface area contributed by atoms with Crippen molar-refractivity contribution in [3.63, 3.8) is 0 Å². The molecule has 1 aliphatic heterocycles. The normalized spacial score (nSPS) is 13.8. The minimum atomic E-state index is -0.235. The zero-order valence-corrected chi connectivity index (χ0v) is 18.7. The van der Waals surface area contributed by atoms with Crippen molar-refractivity contribution in [1.29, 1.82) is 0 Å². The maximum absolute atomic E-state index is 12.9. The molecule has 4 rings (SSSR count). The van der Waals surface area contributed by atoms with Crippen molar-refractivity contribution < 1.29 is 19.0 Å². The van der Waals surface area contributed by atoms with Crippen molar-refractivity contribution in [2.24, 2.45) is 0 Å². The zero-order chi connectivity index (χ0) is 22.7. The predicted octanol–water partition coefficient (Wildman–Crippen LogP) is 3.32. The number of ether oxygens (including phenoxy) is 3. The number of aromatic nitrogens is 2. The Bertz CT molecular complexity index is 1130. The van der Waals surface area contributed by atoms with E-state index in [0.29, 0.717) is 35.6 Å². The van der Waals surface area contributed by atoms with Crippen LogP contribution >= 0.6 is 0 Å². The van der Waals surface area contributed by atoms with Gasteiger partial charge in [0.2, 0.25) is 0 Å². The zero-order valence-electron chi connectivity index (χ0n) is 18.7. The van der Waals surface area contributed by atoms with Gasteiger partial charge in [-0.25, -0.2) is 14.8 Å². The van der Waals surface area contributed by atoms with Gasteiger partial charge in [0, 0.05) is 44.0 Å². The van der Waals surface area contributed by atoms with Crippen LogP contribution in [0.5, 0.6) is 17.4 Å². The van der Waals surface area contributed by atoms with Crippen molar-refractivity contribution in [1.82, 2.24) is 14.9 Å². The number of nitrogens with zero attached hydrogens (tertiary/aromatic N) is 4. The van der Waals surface area contributed by atoms with Crippen LogP contribution in [0, 0.1) is 6.92 Å². The first-order valence-corrected chi connectivity index (χ1v) is 10.4. The van der Waals surface area contributed by atoms with E-state index in [0.717, 1.165) is 13.1 Å². The molecule has 1 N–H and O–H groups in total. The van der Waals surface area contributed by atoms with Gasteiger partial charge in [0.05, 0.1) is 32.4 Å². The Morgan fingerprint density at radius 2 is 1.56 bits per heavy atom. The molecule has 1 saturated heterocycles. The highest BCUT2D eigenvalue weighted by atomic mass is 16.5. The number of methoxy groups -OCH3 is 3. The average Bonchev–Trinajstić information content (AvgIpc) is 2.82. The molecule has 0 radical (unpaired) electrons. The van der Waals surface area contributed by atoms with Crippen molar-refractivity contribution in [3.8, 4) is 17.4 Å². The number of carbonyl (C=O) groups is 1. The number of carbonyl (C=O) groups excluding carboxylic acids is 1. The van der Waals surface area contributed by atoms with E-state index in [-0.39, 0.29) is 17.7 Å². The molecule has 1 aliphatic rings. The Balaban J connectivity index is 1.49. The van der Waals surface area contributed by atoms with E-state index in [1.165, 1.54) is 18.4 Å². The lowest BCUT2D eigenvalue weighted by atomic mass is 10.2. The first-order valence-electron chi connectivity index (χ1n) is 10.4. The number of hydrogen-bond acceptors (Lipinski definition) is 7. The van der Waals surface area contributed by atoms with Crippen LogP contribution < -0.4 is 24.4 Å². The summed E-state index contributed by atoms with van der Waals surface area (Å²) in [6.45, 7) is 4.81. The fraction of sp³-hybridized carbons (Fsp3) is 0.348. The lowest BCUT2D eigenvalue weighted by Crippen LogP contribution is -2.50. The lowest BCUT2D eigenvalue weighted by molar-refractivity contribution is 0.208. The van der Waals surface area contributed by atoms with Crippen LogP contribution in [0.25, 0.3) is 11.0 Å². The molecule has 0 spiro atoms. The van der Waals surface area contributed by atoms with Crippen LogP contribution in [0.4, 0.5) is 16.3 Å². The molecule has 32 heavy (non-hydrogen) atoms. The third-order valence-electron chi connectivity index (χ3n) is 5.49. The van der Waals surface area contributed by atoms with Gasteiger partial charge in [-0.05, 0) is 24.6 Å². The summed E-state index contributed by atoms with van der Waals surface area (Å²) in [4.78, 5) is 26.0. The topological polar surface area (TPSA) is 89.1 Å². The van der Waals surface area contributed by atoms with Gasteiger partial charge in [-0.15, -0.1) is 0 Å². The van der Waals surface area contributed by atoms with Gasteiger partial charge < -0.3 is 24.0 Å². The highest BCUT2D eigenvalue weighted by Gasteiger charge is 2.23. The van der Waals surface area contributed by atoms with Gasteiger partial charge in [-0.3, -0.25) is 5.32 Å². The molecular formula is C23H27N5O4. The molecule has 2 amide bonds. The summed E-state index contributed by atoms with van der Waals surface area (Å²) < 4.78 is 16.0. The third kappa shape index (κ3) is 4.32. The van der Waals surface area contributed by atoms with Gasteiger partial charge in [0.1, 0.15) is 0 Å². The number of anilines is 2. The van der Waals surface area contributed by atoms with E-state index >= 15 is 0 Å². The van der Waals surface area contributed by atoms with E-state index in [1.807, 2.05) is 0 Å². The molecular weight excluding hydrogens is 410 g/mol. The average molecular weight is 438 g/mol. The van der Waals surface area contributed by atoms with Crippen molar-refractivity contribution in [3.05, 3.63) is 42.0 Å². The Kier molecular flexibility index (Phi) is 6.16. The Labute approximate surface area is 186 Å². The highest BCUT2D eigenvalue weighted by molar-refractivity contribution is 5.91. The maximum atomic E-state index is 12.9. The Morgan fingerprint density at radius 3 is 2.16 bits per heavy atom. The summed E-state index contributed by atoms with van der Waals surface area (Å²) in [5.41, 5.74) is 3.53. The van der Waals surface area contributed by atoms with Crippen LogP contribution in [-0.4, -0.2) is 68.4 Å². The van der Waals surface area contributed by atoms with Gasteiger partial charge in [0.25, 0.3) is 5.88 Å². The van der Waals surface area contributed by atoms with Gasteiger partial charge in [-0.2, -0.15) is 0 Å². The molecule has 9 heteroatoms. The highest BCUT2D eigenvalue weighted by Crippen LogP contribution is 2.33. The Morgan fingerprint density at radius 1 is 0.906 bits per heavy atom. The molecule has 1 aromatic heterocycles. The van der Waals surface area contributed by atoms with E-state index in [9.17, 15) is 4.79 Å². The summed E-state index contributed by atoms with van der Waals surface area (Å²) in [5.74, 6) is 1.57. The first-order chi connectivity index (χ1) is 15.5. The van der Waals surface area contributed by atoms with E-state index in [4.69, 9.17) is 14.2 Å². The second-order valence-electron chi connectivity index (χ2n) is 7.52. The fourth-order valence-corrected chi connectivity index (χ4v) is 3.76. The predicted molar refractivity (Wildman–Crippen MR) is 123 cm³/mol. The summed E-state index contributed by atoms with van der Waals surface area (Å²) in [6, 6.07) is 11.6. The quantitative estimate of drug-likeness (QED) is 0.655. The van der Waals surface area contributed by atoms with Crippen molar-refractivity contribution >= 4 is 28.6 Å². The van der Waals surface area contributed by atoms with Crippen LogP contribution in [0.2, 0.25) is 0 Å². The molecule has 2 heterocycles. The molecule has 2 aromatic carbocycles. The molecule has 168 valence electrons. The lowest BCUT2D eigenvalue weighted by Gasteiger charge is -2.36. The number of hydrogen-bond donors (Lipinski definition) is 1. The van der Waals surface area contributed by atoms with Crippen LogP contribution in [0.3, 0.4) is 0 Å². The van der Waals surface area contributed by atoms with Crippen molar-refractivity contribution in [2.75, 3.05) is 57.7 Å². The Hall–Kier alpha value is -3.75. The standard InChI is InChI=1S/C23H27N5O4/c1-15-6-5-7-16(12-15)27-8-10-28(11-9-27)23(29)26-21-22(32-4)25-18-14-20(31-3)19(30-2)13-17(18)24-21/h5-7,12-14H,8-11H2,1-4H3,(H,24,26,29). The van der Waals surface area contributed by atoms with Gasteiger partial charge in [0.15, 0.2) is 17.3 Å². The second kappa shape index (κ2) is 9.17. The molecule has 1 fully saturated rings. The second-order valence-corrected chi connectivity index (χ2v) is 7.52. The smallest absolute Gasteiger partial charge is 0.323 e. The summed E-state index contributed by atoms with van der Waals surface area (Å²) in [6.07, 6.45) is 0. The number of urea groups is 1. The van der Waals surface area contributed by atoms with Gasteiger partial charge in [-0.1, -0.05) is 12.1 Å². The maximum Gasteiger partial charge on any atom is 0.323 e. The van der Waals surface area contributed by atoms with Crippen molar-refractivity contribution in [2.45, 2.75) is 6.92 Å². The number of amides is 2.